The molecule has 0 aliphatic carbocycles. The molecule has 0 saturated carbocycles. The third kappa shape index (κ3) is 8.63. The first-order valence-electron chi connectivity index (χ1n) is 10.4. The van der Waals surface area contributed by atoms with Gasteiger partial charge in [-0.3, -0.25) is 14.4 Å². The van der Waals surface area contributed by atoms with Crippen molar-refractivity contribution in [3.63, 3.8) is 0 Å². The number of nitrogens with one attached hydrogen (secondary N) is 1. The molecule has 3 heterocycles. The van der Waals surface area contributed by atoms with Crippen molar-refractivity contribution >= 4 is 11.9 Å². The van der Waals surface area contributed by atoms with Crippen LogP contribution in [0, 0.1) is 5.92 Å². The van der Waals surface area contributed by atoms with Crippen LogP contribution in [0.5, 0.6) is 5.88 Å². The van der Waals surface area contributed by atoms with E-state index in [-0.39, 0.29) is 12.5 Å². The molecule has 0 aromatic carbocycles. The fraction of sp³-hybridized carbons (Fsp3) is 0.524. The number of ether oxygens (including phenoxy) is 2. The van der Waals surface area contributed by atoms with Crippen LogP contribution in [-0.4, -0.2) is 76.7 Å². The number of carboxylic acid groups (broad SMARTS) is 1. The van der Waals surface area contributed by atoms with Crippen LogP contribution < -0.4 is 10.1 Å². The Morgan fingerprint density at radius 3 is 2.62 bits per heavy atom. The second kappa shape index (κ2) is 12.9. The van der Waals surface area contributed by atoms with E-state index in [0.29, 0.717) is 18.3 Å². The molecule has 1 aliphatic heterocycles. The molecule has 2 aromatic rings. The van der Waals surface area contributed by atoms with Crippen molar-refractivity contribution in [3.8, 4) is 5.88 Å². The van der Waals surface area contributed by atoms with E-state index < -0.39 is 12.1 Å². The highest BCUT2D eigenvalue weighted by Crippen LogP contribution is 2.22. The minimum atomic E-state index is -5.08. The monoisotopic (exact) mass is 487 g/mol. The fourth-order valence-electron chi connectivity index (χ4n) is 3.49. The number of carbonyl (C=O) groups excluding carboxylic acids is 1. The zero-order valence-electron chi connectivity index (χ0n) is 18.9. The van der Waals surface area contributed by atoms with Gasteiger partial charge in [0.15, 0.2) is 0 Å². The summed E-state index contributed by atoms with van der Waals surface area (Å²) in [5, 5.41) is 14.5. The standard InChI is InChI=1S/C19H27N5O3.C2HF3O2/c1-26-14-18(25)20-8-5-15-10-23(13-17-6-9-22-24(17)11-15)12-16-4-3-7-21-19(16)27-2;3-2(4,5)1(6)7/h3-4,6-7,9,15H,5,8,10-14H2,1-2H3,(H,20,25);(H,6,7). The Morgan fingerprint density at radius 2 is 1.97 bits per heavy atom. The van der Waals surface area contributed by atoms with E-state index in [2.05, 4.69) is 31.0 Å². The number of aliphatic carboxylic acids is 1. The summed E-state index contributed by atoms with van der Waals surface area (Å²) in [6.45, 7) is 4.08. The summed E-state index contributed by atoms with van der Waals surface area (Å²) in [6, 6.07) is 6.05. The second-order valence-electron chi connectivity index (χ2n) is 7.59. The Morgan fingerprint density at radius 1 is 1.24 bits per heavy atom. The number of carboxylic acids is 1. The molecule has 10 nitrogen and oxygen atoms in total. The first kappa shape index (κ1) is 27.1. The van der Waals surface area contributed by atoms with Crippen LogP contribution in [-0.2, 0) is 34.0 Å². The van der Waals surface area contributed by atoms with Crippen LogP contribution in [0.25, 0.3) is 0 Å². The number of amides is 1. The number of rotatable bonds is 8. The summed E-state index contributed by atoms with van der Waals surface area (Å²) in [4.78, 5) is 27.2. The van der Waals surface area contributed by atoms with E-state index >= 15 is 0 Å². The highest BCUT2D eigenvalue weighted by atomic mass is 19.4. The number of fused-ring (bicyclic) bond motifs is 1. The molecule has 2 aromatic heterocycles. The lowest BCUT2D eigenvalue weighted by Crippen LogP contribution is -2.32. The molecule has 1 unspecified atom stereocenters. The van der Waals surface area contributed by atoms with Crippen LogP contribution in [0.4, 0.5) is 13.2 Å². The molecule has 34 heavy (non-hydrogen) atoms. The highest BCUT2D eigenvalue weighted by molar-refractivity contribution is 5.77. The van der Waals surface area contributed by atoms with Crippen LogP contribution >= 0.6 is 0 Å². The summed E-state index contributed by atoms with van der Waals surface area (Å²) >= 11 is 0. The lowest BCUT2D eigenvalue weighted by Gasteiger charge is -2.24. The Hall–Kier alpha value is -3.19. The van der Waals surface area contributed by atoms with Crippen molar-refractivity contribution in [1.29, 1.82) is 0 Å². The second-order valence-corrected chi connectivity index (χ2v) is 7.59. The zero-order chi connectivity index (χ0) is 25.1. The van der Waals surface area contributed by atoms with Crippen LogP contribution in [0.15, 0.2) is 30.6 Å². The maximum Gasteiger partial charge on any atom is 0.490 e. The topological polar surface area (TPSA) is 119 Å². The van der Waals surface area contributed by atoms with Crippen LogP contribution in [0.3, 0.4) is 0 Å². The molecule has 1 atom stereocenters. The average molecular weight is 487 g/mol. The van der Waals surface area contributed by atoms with E-state index in [4.69, 9.17) is 19.4 Å². The van der Waals surface area contributed by atoms with Gasteiger partial charge in [-0.05, 0) is 24.5 Å². The van der Waals surface area contributed by atoms with Crippen molar-refractivity contribution in [2.75, 3.05) is 33.9 Å². The molecule has 188 valence electrons. The van der Waals surface area contributed by atoms with Gasteiger partial charge in [-0.2, -0.15) is 18.3 Å². The van der Waals surface area contributed by atoms with Gasteiger partial charge >= 0.3 is 12.1 Å². The molecule has 0 bridgehead atoms. The number of methoxy groups -OCH3 is 2. The molecule has 0 fully saturated rings. The fourth-order valence-corrected chi connectivity index (χ4v) is 3.49. The number of hydrogen-bond donors (Lipinski definition) is 2. The van der Waals surface area contributed by atoms with Crippen LogP contribution in [0.1, 0.15) is 17.7 Å². The minimum absolute atomic E-state index is 0.0807. The lowest BCUT2D eigenvalue weighted by molar-refractivity contribution is -0.192. The number of hydrogen-bond acceptors (Lipinski definition) is 7. The number of aromatic nitrogens is 3. The van der Waals surface area contributed by atoms with Gasteiger partial charge in [0.2, 0.25) is 11.8 Å². The van der Waals surface area contributed by atoms with Crippen molar-refractivity contribution in [3.05, 3.63) is 41.9 Å². The van der Waals surface area contributed by atoms with Crippen molar-refractivity contribution in [2.45, 2.75) is 32.2 Å². The van der Waals surface area contributed by atoms with Gasteiger partial charge in [0.1, 0.15) is 6.61 Å². The van der Waals surface area contributed by atoms with Gasteiger partial charge in [0, 0.05) is 57.8 Å². The number of alkyl halides is 3. The molecular weight excluding hydrogens is 459 g/mol. The smallest absolute Gasteiger partial charge is 0.481 e. The van der Waals surface area contributed by atoms with E-state index in [0.717, 1.165) is 38.2 Å². The molecule has 0 saturated heterocycles. The van der Waals surface area contributed by atoms with Gasteiger partial charge in [0.05, 0.1) is 12.8 Å². The van der Waals surface area contributed by atoms with Crippen LogP contribution in [0.2, 0.25) is 0 Å². The van der Waals surface area contributed by atoms with Crippen molar-refractivity contribution in [1.82, 2.24) is 25.0 Å². The third-order valence-corrected chi connectivity index (χ3v) is 4.97. The number of pyridine rings is 1. The van der Waals surface area contributed by atoms with Gasteiger partial charge in [-0.1, -0.05) is 6.07 Å². The van der Waals surface area contributed by atoms with Gasteiger partial charge < -0.3 is 19.9 Å². The molecule has 0 spiro atoms. The molecule has 1 amide bonds. The van der Waals surface area contributed by atoms with Crippen molar-refractivity contribution in [2.24, 2.45) is 5.92 Å². The maximum atomic E-state index is 11.6. The SMILES string of the molecule is COCC(=O)NCCC1CN(Cc2cccnc2OC)Cc2ccnn2C1.O=C(O)C(F)(F)F. The van der Waals surface area contributed by atoms with E-state index in [9.17, 15) is 18.0 Å². The summed E-state index contributed by atoms with van der Waals surface area (Å²) in [5.41, 5.74) is 2.27. The summed E-state index contributed by atoms with van der Waals surface area (Å²) in [6.07, 6.45) is -0.609. The van der Waals surface area contributed by atoms with Crippen molar-refractivity contribution < 1.29 is 37.3 Å². The quantitative estimate of drug-likeness (QED) is 0.578. The zero-order valence-corrected chi connectivity index (χ0v) is 18.9. The molecular formula is C21H28F3N5O5. The first-order chi connectivity index (χ1) is 16.1. The summed E-state index contributed by atoms with van der Waals surface area (Å²) < 4.78 is 44.1. The Labute approximate surface area is 194 Å². The Kier molecular flexibility index (Phi) is 10.3. The predicted octanol–water partition coefficient (Wildman–Crippen LogP) is 1.70. The first-order valence-corrected chi connectivity index (χ1v) is 10.4. The number of halogens is 3. The highest BCUT2D eigenvalue weighted by Gasteiger charge is 2.38. The predicted molar refractivity (Wildman–Crippen MR) is 114 cm³/mol. The van der Waals surface area contributed by atoms with Gasteiger partial charge in [-0.25, -0.2) is 9.78 Å². The number of carbonyl (C=O) groups is 2. The lowest BCUT2D eigenvalue weighted by atomic mass is 10.0. The maximum absolute atomic E-state index is 11.6. The Bertz CT molecular complexity index is 938. The summed E-state index contributed by atoms with van der Waals surface area (Å²) in [7, 11) is 3.17. The Balaban J connectivity index is 0.000000509. The van der Waals surface area contributed by atoms with Gasteiger partial charge in [0.25, 0.3) is 0 Å². The van der Waals surface area contributed by atoms with E-state index in [1.165, 1.54) is 12.8 Å². The number of nitrogens with zero attached hydrogens (tertiary/aromatic N) is 4. The largest absolute Gasteiger partial charge is 0.490 e. The molecule has 0 radical (unpaired) electrons. The van der Waals surface area contributed by atoms with Gasteiger partial charge in [-0.15, -0.1) is 0 Å². The summed E-state index contributed by atoms with van der Waals surface area (Å²) in [5.74, 6) is -1.79. The normalized spacial score (nSPS) is 16.0. The molecule has 3 rings (SSSR count). The molecule has 13 heteroatoms. The molecule has 2 N–H and O–H groups in total. The van der Waals surface area contributed by atoms with E-state index in [1.54, 1.807) is 13.3 Å². The third-order valence-electron chi connectivity index (χ3n) is 4.97. The van der Waals surface area contributed by atoms with E-state index in [1.807, 2.05) is 18.3 Å². The average Bonchev–Trinajstić information content (AvgIpc) is 3.13. The molecule has 1 aliphatic rings. The minimum Gasteiger partial charge on any atom is -0.481 e.